The summed E-state index contributed by atoms with van der Waals surface area (Å²) < 4.78 is 20.3. The van der Waals surface area contributed by atoms with Crippen LogP contribution in [0.3, 0.4) is 0 Å². The SMILES string of the molecule is Cn1c(COc2ccc(F)cc2)nnc1SCC(=O)NCCc1ccccc1. The Labute approximate surface area is 167 Å². The van der Waals surface area contributed by atoms with Crippen LogP contribution in [0.1, 0.15) is 11.4 Å². The van der Waals surface area contributed by atoms with Crippen molar-refractivity contribution in [3.63, 3.8) is 0 Å². The highest BCUT2D eigenvalue weighted by molar-refractivity contribution is 7.99. The molecule has 0 spiro atoms. The number of carbonyl (C=O) groups is 1. The number of aromatic nitrogens is 3. The minimum absolute atomic E-state index is 0.0481. The van der Waals surface area contributed by atoms with Gasteiger partial charge in [-0.15, -0.1) is 10.2 Å². The second-order valence-electron chi connectivity index (χ2n) is 6.07. The Morgan fingerprint density at radius 1 is 1.14 bits per heavy atom. The molecule has 0 saturated heterocycles. The highest BCUT2D eigenvalue weighted by atomic mass is 32.2. The molecule has 1 amide bonds. The minimum atomic E-state index is -0.313. The number of amides is 1. The highest BCUT2D eigenvalue weighted by Gasteiger charge is 2.12. The predicted molar refractivity (Wildman–Crippen MR) is 106 cm³/mol. The Bertz CT molecular complexity index is 900. The fraction of sp³-hybridized carbons (Fsp3) is 0.250. The van der Waals surface area contributed by atoms with Crippen LogP contribution in [-0.2, 0) is 24.9 Å². The van der Waals surface area contributed by atoms with Gasteiger partial charge in [0, 0.05) is 13.6 Å². The number of nitrogens with zero attached hydrogens (tertiary/aromatic N) is 3. The van der Waals surface area contributed by atoms with Gasteiger partial charge in [0.1, 0.15) is 18.2 Å². The Kier molecular flexibility index (Phi) is 7.02. The molecule has 0 saturated carbocycles. The van der Waals surface area contributed by atoms with E-state index in [0.717, 1.165) is 6.42 Å². The van der Waals surface area contributed by atoms with Crippen LogP contribution in [0.4, 0.5) is 4.39 Å². The zero-order valence-electron chi connectivity index (χ0n) is 15.5. The molecule has 0 aliphatic heterocycles. The van der Waals surface area contributed by atoms with Crippen LogP contribution < -0.4 is 10.1 Å². The fourth-order valence-electron chi connectivity index (χ4n) is 2.45. The molecular formula is C20H21FN4O2S. The smallest absolute Gasteiger partial charge is 0.230 e. The normalized spacial score (nSPS) is 10.6. The molecule has 0 fully saturated rings. The van der Waals surface area contributed by atoms with Crippen LogP contribution in [0.5, 0.6) is 5.75 Å². The fourth-order valence-corrected chi connectivity index (χ4v) is 3.21. The van der Waals surface area contributed by atoms with Gasteiger partial charge in [-0.3, -0.25) is 4.79 Å². The molecule has 0 bridgehead atoms. The van der Waals surface area contributed by atoms with E-state index in [1.54, 1.807) is 16.7 Å². The van der Waals surface area contributed by atoms with Crippen LogP contribution in [0.15, 0.2) is 59.8 Å². The number of benzene rings is 2. The van der Waals surface area contributed by atoms with Gasteiger partial charge in [0.25, 0.3) is 0 Å². The molecule has 0 aliphatic carbocycles. The lowest BCUT2D eigenvalue weighted by atomic mass is 10.1. The van der Waals surface area contributed by atoms with Crippen LogP contribution in [0.25, 0.3) is 0 Å². The molecule has 0 aliphatic rings. The summed E-state index contributed by atoms with van der Waals surface area (Å²) in [6.45, 7) is 0.804. The lowest BCUT2D eigenvalue weighted by Gasteiger charge is -2.07. The number of rotatable bonds is 9. The van der Waals surface area contributed by atoms with Gasteiger partial charge in [0.2, 0.25) is 5.91 Å². The van der Waals surface area contributed by atoms with E-state index < -0.39 is 0 Å². The molecule has 1 N–H and O–H groups in total. The third kappa shape index (κ3) is 5.82. The standard InChI is InChI=1S/C20H21FN4O2S/c1-25-18(13-27-17-9-7-16(21)8-10-17)23-24-20(25)28-14-19(26)22-12-11-15-5-3-2-4-6-15/h2-10H,11-14H2,1H3,(H,22,26). The average molecular weight is 400 g/mol. The van der Waals surface area contributed by atoms with Gasteiger partial charge in [-0.2, -0.15) is 0 Å². The van der Waals surface area contributed by atoms with E-state index in [9.17, 15) is 9.18 Å². The van der Waals surface area contributed by atoms with Crippen molar-refractivity contribution in [1.82, 2.24) is 20.1 Å². The zero-order chi connectivity index (χ0) is 19.8. The quantitative estimate of drug-likeness (QED) is 0.559. The summed E-state index contributed by atoms with van der Waals surface area (Å²) in [5, 5.41) is 11.7. The van der Waals surface area contributed by atoms with E-state index in [0.29, 0.717) is 23.3 Å². The maximum atomic E-state index is 12.9. The Balaban J connectivity index is 1.42. The van der Waals surface area contributed by atoms with Crippen LogP contribution in [0, 0.1) is 5.82 Å². The summed E-state index contributed by atoms with van der Waals surface area (Å²) in [5.74, 6) is 1.08. The van der Waals surface area contributed by atoms with E-state index in [2.05, 4.69) is 15.5 Å². The van der Waals surface area contributed by atoms with Gasteiger partial charge in [0.15, 0.2) is 11.0 Å². The van der Waals surface area contributed by atoms with E-state index in [1.807, 2.05) is 37.4 Å². The summed E-state index contributed by atoms with van der Waals surface area (Å²) >= 11 is 1.32. The summed E-state index contributed by atoms with van der Waals surface area (Å²) in [4.78, 5) is 12.0. The molecule has 8 heteroatoms. The number of carbonyl (C=O) groups excluding carboxylic acids is 1. The molecule has 1 aromatic heterocycles. The number of hydrogen-bond donors (Lipinski definition) is 1. The van der Waals surface area contributed by atoms with E-state index >= 15 is 0 Å². The first-order valence-electron chi connectivity index (χ1n) is 8.82. The van der Waals surface area contributed by atoms with Crippen LogP contribution in [0.2, 0.25) is 0 Å². The van der Waals surface area contributed by atoms with Gasteiger partial charge in [0.05, 0.1) is 5.75 Å². The van der Waals surface area contributed by atoms with Crippen molar-refractivity contribution in [1.29, 1.82) is 0 Å². The molecule has 0 radical (unpaired) electrons. The predicted octanol–water partition coefficient (Wildman–Crippen LogP) is 2.98. The molecule has 28 heavy (non-hydrogen) atoms. The summed E-state index contributed by atoms with van der Waals surface area (Å²) in [5.41, 5.74) is 1.19. The van der Waals surface area contributed by atoms with Crippen molar-refractivity contribution in [3.05, 3.63) is 71.8 Å². The summed E-state index contributed by atoms with van der Waals surface area (Å²) in [6, 6.07) is 15.8. The maximum absolute atomic E-state index is 12.9. The Hall–Kier alpha value is -2.87. The highest BCUT2D eigenvalue weighted by Crippen LogP contribution is 2.17. The molecule has 3 rings (SSSR count). The van der Waals surface area contributed by atoms with Gasteiger partial charge in [-0.25, -0.2) is 4.39 Å². The molecule has 2 aromatic carbocycles. The van der Waals surface area contributed by atoms with Gasteiger partial charge < -0.3 is 14.6 Å². The molecule has 1 heterocycles. The number of ether oxygens (including phenoxy) is 1. The molecule has 3 aromatic rings. The number of thioether (sulfide) groups is 1. The van der Waals surface area contributed by atoms with E-state index in [1.165, 1.54) is 29.5 Å². The zero-order valence-corrected chi connectivity index (χ0v) is 16.3. The van der Waals surface area contributed by atoms with Gasteiger partial charge in [-0.1, -0.05) is 42.1 Å². The van der Waals surface area contributed by atoms with Crippen molar-refractivity contribution < 1.29 is 13.9 Å². The average Bonchev–Trinajstić information content (AvgIpc) is 3.06. The maximum Gasteiger partial charge on any atom is 0.230 e. The molecule has 6 nitrogen and oxygen atoms in total. The number of nitrogens with one attached hydrogen (secondary N) is 1. The van der Waals surface area contributed by atoms with Gasteiger partial charge in [-0.05, 0) is 36.2 Å². The third-order valence-electron chi connectivity index (χ3n) is 4.02. The van der Waals surface area contributed by atoms with Crippen LogP contribution in [-0.4, -0.2) is 33.0 Å². The van der Waals surface area contributed by atoms with Crippen molar-refractivity contribution in [2.24, 2.45) is 7.05 Å². The first-order valence-corrected chi connectivity index (χ1v) is 9.80. The second kappa shape index (κ2) is 9.89. The largest absolute Gasteiger partial charge is 0.486 e. The van der Waals surface area contributed by atoms with Crippen molar-refractivity contribution in [2.45, 2.75) is 18.2 Å². The molecular weight excluding hydrogens is 379 g/mol. The summed E-state index contributed by atoms with van der Waals surface area (Å²) in [6.07, 6.45) is 0.798. The van der Waals surface area contributed by atoms with E-state index in [-0.39, 0.29) is 24.1 Å². The monoisotopic (exact) mass is 400 g/mol. The van der Waals surface area contributed by atoms with Crippen LogP contribution >= 0.6 is 11.8 Å². The topological polar surface area (TPSA) is 69.0 Å². The Morgan fingerprint density at radius 3 is 2.64 bits per heavy atom. The molecule has 146 valence electrons. The van der Waals surface area contributed by atoms with Crippen molar-refractivity contribution in [3.8, 4) is 5.75 Å². The van der Waals surface area contributed by atoms with Crippen molar-refractivity contribution in [2.75, 3.05) is 12.3 Å². The molecule has 0 unspecified atom stereocenters. The lowest BCUT2D eigenvalue weighted by Crippen LogP contribution is -2.27. The Morgan fingerprint density at radius 2 is 1.89 bits per heavy atom. The third-order valence-corrected chi connectivity index (χ3v) is 5.04. The van der Waals surface area contributed by atoms with E-state index in [4.69, 9.17) is 4.74 Å². The van der Waals surface area contributed by atoms with Gasteiger partial charge >= 0.3 is 0 Å². The lowest BCUT2D eigenvalue weighted by molar-refractivity contribution is -0.118. The number of halogens is 1. The van der Waals surface area contributed by atoms with Crippen molar-refractivity contribution >= 4 is 17.7 Å². The number of hydrogen-bond acceptors (Lipinski definition) is 5. The first-order chi connectivity index (χ1) is 13.6. The minimum Gasteiger partial charge on any atom is -0.486 e. The first kappa shape index (κ1) is 19.9. The summed E-state index contributed by atoms with van der Waals surface area (Å²) in [7, 11) is 1.82. The molecule has 0 atom stereocenters. The second-order valence-corrected chi connectivity index (χ2v) is 7.02.